The van der Waals surface area contributed by atoms with Crippen molar-refractivity contribution >= 4 is 17.3 Å². The average molecular weight is 255 g/mol. The van der Waals surface area contributed by atoms with Crippen molar-refractivity contribution in [1.29, 1.82) is 5.41 Å². The molecule has 0 spiro atoms. The summed E-state index contributed by atoms with van der Waals surface area (Å²) in [5.41, 5.74) is 8.05. The summed E-state index contributed by atoms with van der Waals surface area (Å²) < 4.78 is 0. The summed E-state index contributed by atoms with van der Waals surface area (Å²) >= 11 is 0. The molecule has 0 aliphatic rings. The normalized spacial score (nSPS) is 10.2. The Morgan fingerprint density at radius 3 is 2.37 bits per heavy atom. The second-order valence-electron chi connectivity index (χ2n) is 4.25. The molecule has 0 saturated carbocycles. The highest BCUT2D eigenvalue weighted by molar-refractivity contribution is 5.92. The molecule has 0 bridgehead atoms. The molecule has 0 saturated heterocycles. The first-order chi connectivity index (χ1) is 9.11. The number of anilines is 2. The highest BCUT2D eigenvalue weighted by Crippen LogP contribution is 2.22. The van der Waals surface area contributed by atoms with Gasteiger partial charge in [-0.15, -0.1) is 0 Å². The fourth-order valence-corrected chi connectivity index (χ4v) is 1.80. The molecule has 0 amide bonds. The number of hydrogen-bond acceptors (Lipinski definition) is 4. The molecular weight excluding hydrogens is 238 g/mol. The van der Waals surface area contributed by atoms with Gasteiger partial charge in [0.15, 0.2) is 5.82 Å². The van der Waals surface area contributed by atoms with E-state index in [0.29, 0.717) is 5.69 Å². The van der Waals surface area contributed by atoms with Crippen LogP contribution in [0.4, 0.5) is 11.5 Å². The minimum atomic E-state index is -0.0718. The third kappa shape index (κ3) is 2.88. The second kappa shape index (κ2) is 5.48. The Balaban J connectivity index is 2.31. The monoisotopic (exact) mass is 255 g/mol. The number of nitrogen functional groups attached to an aromatic ring is 1. The molecule has 0 unspecified atom stereocenters. The molecule has 0 radical (unpaired) electrons. The molecule has 0 fully saturated rings. The van der Waals surface area contributed by atoms with Gasteiger partial charge in [0, 0.05) is 12.2 Å². The molecule has 5 nitrogen and oxygen atoms in total. The third-order valence-corrected chi connectivity index (χ3v) is 2.85. The van der Waals surface area contributed by atoms with E-state index in [4.69, 9.17) is 11.1 Å². The molecule has 1 aromatic carbocycles. The van der Waals surface area contributed by atoms with Crippen LogP contribution >= 0.6 is 0 Å². The highest BCUT2D eigenvalue weighted by Gasteiger charge is 2.09. The molecule has 19 heavy (non-hydrogen) atoms. The first-order valence-corrected chi connectivity index (χ1v) is 6.12. The van der Waals surface area contributed by atoms with Crippen molar-refractivity contribution in [2.75, 3.05) is 11.4 Å². The van der Waals surface area contributed by atoms with E-state index in [2.05, 4.69) is 53.0 Å². The van der Waals surface area contributed by atoms with Gasteiger partial charge >= 0.3 is 0 Å². The SMILES string of the molecule is CCN(c1ccc(C)cc1)c1cnc(C(=N)N)cn1. The van der Waals surface area contributed by atoms with Crippen LogP contribution in [-0.2, 0) is 0 Å². The molecule has 1 aromatic heterocycles. The molecule has 0 atom stereocenters. The Hall–Kier alpha value is -2.43. The van der Waals surface area contributed by atoms with Crippen LogP contribution in [-0.4, -0.2) is 22.3 Å². The van der Waals surface area contributed by atoms with E-state index in [1.54, 1.807) is 6.20 Å². The van der Waals surface area contributed by atoms with E-state index in [9.17, 15) is 0 Å². The van der Waals surface area contributed by atoms with E-state index in [1.165, 1.54) is 11.8 Å². The maximum atomic E-state index is 7.31. The fraction of sp³-hybridized carbons (Fsp3) is 0.214. The van der Waals surface area contributed by atoms with Gasteiger partial charge in [-0.2, -0.15) is 0 Å². The number of rotatable bonds is 4. The lowest BCUT2D eigenvalue weighted by atomic mass is 10.2. The molecule has 0 aliphatic carbocycles. The predicted octanol–water partition coefficient (Wildman–Crippen LogP) is 2.23. The number of nitrogens with zero attached hydrogens (tertiary/aromatic N) is 3. The summed E-state index contributed by atoms with van der Waals surface area (Å²) in [6.45, 7) is 4.90. The molecule has 2 rings (SSSR count). The molecule has 0 aliphatic heterocycles. The van der Waals surface area contributed by atoms with Crippen molar-refractivity contribution in [3.63, 3.8) is 0 Å². The predicted molar refractivity (Wildman–Crippen MR) is 76.9 cm³/mol. The molecule has 3 N–H and O–H groups in total. The zero-order valence-corrected chi connectivity index (χ0v) is 11.1. The lowest BCUT2D eigenvalue weighted by Gasteiger charge is -2.21. The van der Waals surface area contributed by atoms with Crippen LogP contribution < -0.4 is 10.6 Å². The smallest absolute Gasteiger partial charge is 0.151 e. The molecule has 1 heterocycles. The number of amidine groups is 1. The Labute approximate surface area is 112 Å². The zero-order valence-electron chi connectivity index (χ0n) is 11.1. The van der Waals surface area contributed by atoms with Crippen molar-refractivity contribution in [3.8, 4) is 0 Å². The number of aryl methyl sites for hydroxylation is 1. The lowest BCUT2D eigenvalue weighted by molar-refractivity contribution is 0.972. The van der Waals surface area contributed by atoms with Gasteiger partial charge in [0.25, 0.3) is 0 Å². The lowest BCUT2D eigenvalue weighted by Crippen LogP contribution is -2.19. The van der Waals surface area contributed by atoms with E-state index in [-0.39, 0.29) is 5.84 Å². The topological polar surface area (TPSA) is 78.9 Å². The van der Waals surface area contributed by atoms with Crippen molar-refractivity contribution in [2.45, 2.75) is 13.8 Å². The van der Waals surface area contributed by atoms with Crippen molar-refractivity contribution in [2.24, 2.45) is 5.73 Å². The van der Waals surface area contributed by atoms with E-state index in [1.807, 2.05) is 0 Å². The van der Waals surface area contributed by atoms with Gasteiger partial charge in [-0.1, -0.05) is 17.7 Å². The molecule has 5 heteroatoms. The standard InChI is InChI=1S/C14H17N5/c1-3-19(11-6-4-10(2)5-7-11)13-9-17-12(8-18-13)14(15)16/h4-9H,3H2,1-2H3,(H3,15,16). The van der Waals surface area contributed by atoms with Gasteiger partial charge in [-0.25, -0.2) is 9.97 Å². The maximum Gasteiger partial charge on any atom is 0.151 e. The van der Waals surface area contributed by atoms with Gasteiger partial charge in [-0.3, -0.25) is 5.41 Å². The Morgan fingerprint density at radius 2 is 1.89 bits per heavy atom. The summed E-state index contributed by atoms with van der Waals surface area (Å²) in [5.74, 6) is 0.675. The van der Waals surface area contributed by atoms with Crippen molar-refractivity contribution in [1.82, 2.24) is 9.97 Å². The van der Waals surface area contributed by atoms with Crippen LogP contribution in [0.25, 0.3) is 0 Å². The highest BCUT2D eigenvalue weighted by atomic mass is 15.2. The van der Waals surface area contributed by atoms with Crippen molar-refractivity contribution < 1.29 is 0 Å². The Kier molecular flexibility index (Phi) is 3.75. The summed E-state index contributed by atoms with van der Waals surface area (Å²) in [7, 11) is 0. The van der Waals surface area contributed by atoms with Gasteiger partial charge in [-0.05, 0) is 26.0 Å². The van der Waals surface area contributed by atoms with Crippen LogP contribution in [0.1, 0.15) is 18.2 Å². The van der Waals surface area contributed by atoms with Gasteiger partial charge in [0.05, 0.1) is 12.4 Å². The van der Waals surface area contributed by atoms with Gasteiger partial charge in [0.1, 0.15) is 11.5 Å². The van der Waals surface area contributed by atoms with Crippen LogP contribution in [0.3, 0.4) is 0 Å². The number of nitrogens with two attached hydrogens (primary N) is 1. The third-order valence-electron chi connectivity index (χ3n) is 2.85. The molecular formula is C14H17N5. The Bertz CT molecular complexity index is 559. The van der Waals surface area contributed by atoms with Crippen LogP contribution in [0.5, 0.6) is 0 Å². The molecule has 98 valence electrons. The number of benzene rings is 1. The first kappa shape index (κ1) is 13.0. The minimum Gasteiger partial charge on any atom is -0.382 e. The Morgan fingerprint density at radius 1 is 1.21 bits per heavy atom. The summed E-state index contributed by atoms with van der Waals surface area (Å²) in [6, 6.07) is 8.24. The van der Waals surface area contributed by atoms with E-state index < -0.39 is 0 Å². The second-order valence-corrected chi connectivity index (χ2v) is 4.25. The quantitative estimate of drug-likeness (QED) is 0.648. The minimum absolute atomic E-state index is 0.0718. The zero-order chi connectivity index (χ0) is 13.8. The fourth-order valence-electron chi connectivity index (χ4n) is 1.80. The first-order valence-electron chi connectivity index (χ1n) is 6.12. The summed E-state index contributed by atoms with van der Waals surface area (Å²) in [5, 5.41) is 7.31. The van der Waals surface area contributed by atoms with Crippen LogP contribution in [0, 0.1) is 12.3 Å². The van der Waals surface area contributed by atoms with E-state index in [0.717, 1.165) is 18.1 Å². The van der Waals surface area contributed by atoms with Gasteiger partial charge < -0.3 is 10.6 Å². The summed E-state index contributed by atoms with van der Waals surface area (Å²) in [6.07, 6.45) is 3.16. The number of hydrogen-bond donors (Lipinski definition) is 2. The number of nitrogens with one attached hydrogen (secondary N) is 1. The van der Waals surface area contributed by atoms with Crippen LogP contribution in [0.15, 0.2) is 36.7 Å². The number of aromatic nitrogens is 2. The van der Waals surface area contributed by atoms with E-state index >= 15 is 0 Å². The largest absolute Gasteiger partial charge is 0.382 e. The van der Waals surface area contributed by atoms with Gasteiger partial charge in [0.2, 0.25) is 0 Å². The van der Waals surface area contributed by atoms with Crippen LogP contribution in [0.2, 0.25) is 0 Å². The molecule has 2 aromatic rings. The maximum absolute atomic E-state index is 7.31. The average Bonchev–Trinajstić information content (AvgIpc) is 2.42. The summed E-state index contributed by atoms with van der Waals surface area (Å²) in [4.78, 5) is 10.5. The van der Waals surface area contributed by atoms with Crippen molar-refractivity contribution in [3.05, 3.63) is 47.9 Å².